The number of sulfonamides is 1. The SMILES string of the molecule is Cc1ccc(S(=O)(=O)N(CC(=O)N/N=C\c2ccc(Cl)cc2)c2cc(C)ccc2C)cc1. The highest BCUT2D eigenvalue weighted by atomic mass is 35.5. The molecule has 0 fully saturated rings. The maximum absolute atomic E-state index is 13.5. The number of nitrogens with zero attached hydrogens (tertiary/aromatic N) is 2. The fourth-order valence-electron chi connectivity index (χ4n) is 3.02. The van der Waals surface area contributed by atoms with E-state index in [-0.39, 0.29) is 4.90 Å². The zero-order valence-corrected chi connectivity index (χ0v) is 19.6. The lowest BCUT2D eigenvalue weighted by Gasteiger charge is -2.25. The molecule has 0 heterocycles. The van der Waals surface area contributed by atoms with Crippen LogP contribution < -0.4 is 9.73 Å². The maximum Gasteiger partial charge on any atom is 0.264 e. The number of rotatable bonds is 7. The summed E-state index contributed by atoms with van der Waals surface area (Å²) in [6.45, 7) is 5.14. The summed E-state index contributed by atoms with van der Waals surface area (Å²) >= 11 is 5.86. The minimum atomic E-state index is -3.98. The predicted molar refractivity (Wildman–Crippen MR) is 129 cm³/mol. The highest BCUT2D eigenvalue weighted by Gasteiger charge is 2.28. The number of anilines is 1. The molecule has 0 atom stereocenters. The summed E-state index contributed by atoms with van der Waals surface area (Å²) in [6.07, 6.45) is 1.46. The standard InChI is InChI=1S/C24H24ClN3O3S/c1-17-5-12-22(13-6-17)32(30,31)28(23-14-18(2)4-7-19(23)3)16-24(29)27-26-15-20-8-10-21(25)11-9-20/h4-15H,16H2,1-3H3,(H,27,29)/b26-15-. The third-order valence-electron chi connectivity index (χ3n) is 4.80. The van der Waals surface area contributed by atoms with Crippen LogP contribution >= 0.6 is 11.6 Å². The Balaban J connectivity index is 1.88. The van der Waals surface area contributed by atoms with Crippen LogP contribution in [0.25, 0.3) is 0 Å². The first-order chi connectivity index (χ1) is 15.2. The fraction of sp³-hybridized carbons (Fsp3) is 0.167. The predicted octanol–water partition coefficient (Wildman–Crippen LogP) is 4.61. The van der Waals surface area contributed by atoms with Crippen LogP contribution in [0.1, 0.15) is 22.3 Å². The molecule has 6 nitrogen and oxygen atoms in total. The van der Waals surface area contributed by atoms with E-state index in [1.807, 2.05) is 32.9 Å². The van der Waals surface area contributed by atoms with Crippen molar-refractivity contribution in [2.75, 3.05) is 10.8 Å². The van der Waals surface area contributed by atoms with Gasteiger partial charge in [-0.3, -0.25) is 9.10 Å². The van der Waals surface area contributed by atoms with Crippen molar-refractivity contribution < 1.29 is 13.2 Å². The Bertz CT molecular complexity index is 1240. The second-order valence-electron chi connectivity index (χ2n) is 7.46. The number of carbonyl (C=O) groups is 1. The molecule has 0 radical (unpaired) electrons. The lowest BCUT2D eigenvalue weighted by Crippen LogP contribution is -2.40. The quantitative estimate of drug-likeness (QED) is 0.405. The molecule has 0 aliphatic rings. The third-order valence-corrected chi connectivity index (χ3v) is 6.83. The topological polar surface area (TPSA) is 78.8 Å². The molecular formula is C24H24ClN3O3S. The van der Waals surface area contributed by atoms with E-state index >= 15 is 0 Å². The van der Waals surface area contributed by atoms with Gasteiger partial charge in [-0.1, -0.05) is 53.6 Å². The molecule has 0 aliphatic carbocycles. The average molecular weight is 470 g/mol. The highest BCUT2D eigenvalue weighted by Crippen LogP contribution is 2.28. The Morgan fingerprint density at radius 1 is 0.969 bits per heavy atom. The van der Waals surface area contributed by atoms with E-state index in [0.717, 1.165) is 26.6 Å². The van der Waals surface area contributed by atoms with Gasteiger partial charge in [0.15, 0.2) is 0 Å². The van der Waals surface area contributed by atoms with Crippen molar-refractivity contribution in [3.8, 4) is 0 Å². The first kappa shape index (κ1) is 23.5. The van der Waals surface area contributed by atoms with Crippen LogP contribution in [0.5, 0.6) is 0 Å². The maximum atomic E-state index is 13.5. The van der Waals surface area contributed by atoms with Crippen molar-refractivity contribution in [3.05, 3.63) is 94.0 Å². The molecular weight excluding hydrogens is 446 g/mol. The Morgan fingerprint density at radius 3 is 2.25 bits per heavy atom. The molecule has 0 unspecified atom stereocenters. The minimum absolute atomic E-state index is 0.112. The fourth-order valence-corrected chi connectivity index (χ4v) is 4.62. The number of hydrogen-bond acceptors (Lipinski definition) is 4. The molecule has 0 saturated heterocycles. The number of carbonyl (C=O) groups excluding carboxylic acids is 1. The number of amides is 1. The van der Waals surface area contributed by atoms with Crippen LogP contribution in [-0.2, 0) is 14.8 Å². The molecule has 32 heavy (non-hydrogen) atoms. The minimum Gasteiger partial charge on any atom is -0.271 e. The number of halogens is 1. The van der Waals surface area contributed by atoms with Crippen LogP contribution in [0, 0.1) is 20.8 Å². The number of hydrogen-bond donors (Lipinski definition) is 1. The number of hydrazone groups is 1. The van der Waals surface area contributed by atoms with Crippen molar-refractivity contribution in [1.29, 1.82) is 0 Å². The van der Waals surface area contributed by atoms with Crippen molar-refractivity contribution in [2.24, 2.45) is 5.10 Å². The normalized spacial score (nSPS) is 11.5. The average Bonchev–Trinajstić information content (AvgIpc) is 2.75. The van der Waals surface area contributed by atoms with E-state index in [2.05, 4.69) is 10.5 Å². The van der Waals surface area contributed by atoms with Gasteiger partial charge in [0.1, 0.15) is 6.54 Å². The van der Waals surface area contributed by atoms with Gasteiger partial charge < -0.3 is 0 Å². The smallest absolute Gasteiger partial charge is 0.264 e. The van der Waals surface area contributed by atoms with Crippen LogP contribution in [0.2, 0.25) is 5.02 Å². The second-order valence-corrected chi connectivity index (χ2v) is 9.76. The molecule has 3 aromatic rings. The summed E-state index contributed by atoms with van der Waals surface area (Å²) < 4.78 is 28.0. The van der Waals surface area contributed by atoms with E-state index in [0.29, 0.717) is 10.7 Å². The van der Waals surface area contributed by atoms with E-state index in [4.69, 9.17) is 11.6 Å². The molecule has 0 aromatic heterocycles. The van der Waals surface area contributed by atoms with E-state index in [1.165, 1.54) is 6.21 Å². The van der Waals surface area contributed by atoms with Gasteiger partial charge in [0, 0.05) is 5.02 Å². The molecule has 166 valence electrons. The Morgan fingerprint density at radius 2 is 1.59 bits per heavy atom. The van der Waals surface area contributed by atoms with Crippen LogP contribution in [0.15, 0.2) is 76.7 Å². The van der Waals surface area contributed by atoms with Gasteiger partial charge in [-0.25, -0.2) is 13.8 Å². The van der Waals surface area contributed by atoms with Crippen molar-refractivity contribution in [2.45, 2.75) is 25.7 Å². The summed E-state index contributed by atoms with van der Waals surface area (Å²) in [4.78, 5) is 12.8. The van der Waals surface area contributed by atoms with Gasteiger partial charge in [0.2, 0.25) is 0 Å². The molecule has 0 aliphatic heterocycles. The van der Waals surface area contributed by atoms with Gasteiger partial charge in [-0.05, 0) is 67.8 Å². The van der Waals surface area contributed by atoms with Gasteiger partial charge in [0.05, 0.1) is 16.8 Å². The van der Waals surface area contributed by atoms with Crippen LogP contribution in [-0.4, -0.2) is 27.1 Å². The first-order valence-corrected chi connectivity index (χ1v) is 11.7. The van der Waals surface area contributed by atoms with Crippen molar-refractivity contribution in [3.63, 3.8) is 0 Å². The molecule has 0 spiro atoms. The Hall–Kier alpha value is -3.16. The summed E-state index contributed by atoms with van der Waals surface area (Å²) in [5.41, 5.74) is 6.16. The van der Waals surface area contributed by atoms with Crippen molar-refractivity contribution >= 4 is 39.4 Å². The van der Waals surface area contributed by atoms with E-state index in [1.54, 1.807) is 54.6 Å². The number of benzene rings is 3. The Labute approximate surface area is 193 Å². The second kappa shape index (κ2) is 9.97. The van der Waals surface area contributed by atoms with Crippen LogP contribution in [0.3, 0.4) is 0 Å². The highest BCUT2D eigenvalue weighted by molar-refractivity contribution is 7.92. The molecule has 1 amide bonds. The molecule has 1 N–H and O–H groups in total. The zero-order valence-electron chi connectivity index (χ0n) is 18.0. The van der Waals surface area contributed by atoms with Crippen molar-refractivity contribution in [1.82, 2.24) is 5.43 Å². The lowest BCUT2D eigenvalue weighted by atomic mass is 10.1. The summed E-state index contributed by atoms with van der Waals surface area (Å²) in [5, 5.41) is 4.53. The summed E-state index contributed by atoms with van der Waals surface area (Å²) in [5.74, 6) is -0.563. The molecule has 3 rings (SSSR count). The molecule has 3 aromatic carbocycles. The van der Waals surface area contributed by atoms with Gasteiger partial charge in [0.25, 0.3) is 15.9 Å². The summed E-state index contributed by atoms with van der Waals surface area (Å²) in [7, 11) is -3.98. The van der Waals surface area contributed by atoms with E-state index < -0.39 is 22.5 Å². The molecule has 0 bridgehead atoms. The number of aryl methyl sites for hydroxylation is 3. The van der Waals surface area contributed by atoms with Gasteiger partial charge in [-0.2, -0.15) is 5.10 Å². The molecule has 8 heteroatoms. The monoisotopic (exact) mass is 469 g/mol. The Kier molecular flexibility index (Phi) is 7.33. The number of nitrogens with one attached hydrogen (secondary N) is 1. The lowest BCUT2D eigenvalue weighted by molar-refractivity contribution is -0.119. The van der Waals surface area contributed by atoms with Gasteiger partial charge in [-0.15, -0.1) is 0 Å². The summed E-state index contributed by atoms with van der Waals surface area (Å²) in [6, 6.07) is 18.9. The van der Waals surface area contributed by atoms with Gasteiger partial charge >= 0.3 is 0 Å². The largest absolute Gasteiger partial charge is 0.271 e. The first-order valence-electron chi connectivity index (χ1n) is 9.91. The van der Waals surface area contributed by atoms with E-state index in [9.17, 15) is 13.2 Å². The zero-order chi connectivity index (χ0) is 23.3. The van der Waals surface area contributed by atoms with Crippen LogP contribution in [0.4, 0.5) is 5.69 Å². The molecule has 0 saturated carbocycles. The third kappa shape index (κ3) is 5.75.